The number of hydrogen-bond acceptors (Lipinski definition) is 3. The Morgan fingerprint density at radius 3 is 2.72 bits per heavy atom. The fourth-order valence-corrected chi connectivity index (χ4v) is 2.06. The highest BCUT2D eigenvalue weighted by molar-refractivity contribution is 14.1. The lowest BCUT2D eigenvalue weighted by molar-refractivity contribution is 0.478. The summed E-state index contributed by atoms with van der Waals surface area (Å²) in [7, 11) is 0. The molecule has 0 amide bonds. The summed E-state index contributed by atoms with van der Waals surface area (Å²) < 4.78 is 6.86. The fraction of sp³-hybridized carbons (Fsp3) is 0.214. The summed E-state index contributed by atoms with van der Waals surface area (Å²) in [4.78, 5) is 4.32. The van der Waals surface area contributed by atoms with Gasteiger partial charge in [-0.3, -0.25) is 4.98 Å². The van der Waals surface area contributed by atoms with Crippen molar-refractivity contribution in [3.8, 4) is 11.5 Å². The van der Waals surface area contributed by atoms with E-state index in [4.69, 9.17) is 10.5 Å². The predicted molar refractivity (Wildman–Crippen MR) is 80.7 cm³/mol. The lowest BCUT2D eigenvalue weighted by Crippen LogP contribution is -2.10. The van der Waals surface area contributed by atoms with E-state index in [1.807, 2.05) is 43.3 Å². The molecule has 94 valence electrons. The van der Waals surface area contributed by atoms with E-state index in [9.17, 15) is 0 Å². The molecule has 0 bridgehead atoms. The van der Waals surface area contributed by atoms with Gasteiger partial charge in [0.25, 0.3) is 0 Å². The topological polar surface area (TPSA) is 48.1 Å². The first-order valence-electron chi connectivity index (χ1n) is 5.84. The molecule has 0 saturated carbocycles. The van der Waals surface area contributed by atoms with E-state index in [0.29, 0.717) is 0 Å². The van der Waals surface area contributed by atoms with Crippen LogP contribution in [0, 0.1) is 3.57 Å². The van der Waals surface area contributed by atoms with Crippen LogP contribution in [-0.4, -0.2) is 4.98 Å². The van der Waals surface area contributed by atoms with Crippen molar-refractivity contribution in [1.82, 2.24) is 4.98 Å². The number of hydrogen-bond donors (Lipinski definition) is 1. The second-order valence-corrected chi connectivity index (χ2v) is 5.24. The number of pyridine rings is 1. The normalized spacial score (nSPS) is 12.2. The van der Waals surface area contributed by atoms with E-state index in [2.05, 4.69) is 27.6 Å². The Labute approximate surface area is 121 Å². The maximum atomic E-state index is 5.91. The second-order valence-electron chi connectivity index (χ2n) is 3.99. The largest absolute Gasteiger partial charge is 0.456 e. The molecule has 0 saturated heterocycles. The van der Waals surface area contributed by atoms with Gasteiger partial charge < -0.3 is 10.5 Å². The van der Waals surface area contributed by atoms with Crippen LogP contribution in [0.2, 0.25) is 0 Å². The van der Waals surface area contributed by atoms with E-state index in [1.54, 1.807) is 6.20 Å². The molecule has 1 heterocycles. The minimum atomic E-state index is -0.00303. The highest BCUT2D eigenvalue weighted by atomic mass is 127. The van der Waals surface area contributed by atoms with Crippen molar-refractivity contribution in [2.45, 2.75) is 19.4 Å². The SMILES string of the molecule is CC[C@@H](N)c1ccc(Oc2cccc(I)c2)cn1. The molecule has 1 aromatic carbocycles. The fourth-order valence-electron chi connectivity index (χ4n) is 1.55. The van der Waals surface area contributed by atoms with Crippen LogP contribution >= 0.6 is 22.6 Å². The van der Waals surface area contributed by atoms with Crippen molar-refractivity contribution in [3.05, 3.63) is 51.9 Å². The summed E-state index contributed by atoms with van der Waals surface area (Å²) in [5.41, 5.74) is 6.81. The summed E-state index contributed by atoms with van der Waals surface area (Å²) in [5.74, 6) is 1.54. The van der Waals surface area contributed by atoms with Crippen LogP contribution in [-0.2, 0) is 0 Å². The Hall–Kier alpha value is -1.14. The van der Waals surface area contributed by atoms with Crippen LogP contribution in [0.5, 0.6) is 11.5 Å². The Kier molecular flexibility index (Phi) is 4.54. The van der Waals surface area contributed by atoms with E-state index >= 15 is 0 Å². The summed E-state index contributed by atoms with van der Waals surface area (Å²) in [6.07, 6.45) is 2.59. The van der Waals surface area contributed by atoms with Gasteiger partial charge in [0.15, 0.2) is 0 Å². The van der Waals surface area contributed by atoms with Crippen molar-refractivity contribution in [3.63, 3.8) is 0 Å². The average Bonchev–Trinajstić information content (AvgIpc) is 2.39. The summed E-state index contributed by atoms with van der Waals surface area (Å²) in [6.45, 7) is 2.04. The molecule has 18 heavy (non-hydrogen) atoms. The summed E-state index contributed by atoms with van der Waals surface area (Å²) >= 11 is 2.25. The molecule has 1 atom stereocenters. The first kappa shape index (κ1) is 13.3. The lowest BCUT2D eigenvalue weighted by Gasteiger charge is -2.09. The molecule has 0 spiro atoms. The Morgan fingerprint density at radius 1 is 1.28 bits per heavy atom. The van der Waals surface area contributed by atoms with Gasteiger partial charge in [-0.2, -0.15) is 0 Å². The Balaban J connectivity index is 2.11. The Bertz CT molecular complexity index is 513. The number of rotatable bonds is 4. The average molecular weight is 354 g/mol. The van der Waals surface area contributed by atoms with Crippen molar-refractivity contribution < 1.29 is 4.74 Å². The van der Waals surface area contributed by atoms with Crippen molar-refractivity contribution in [2.24, 2.45) is 5.73 Å². The molecule has 3 nitrogen and oxygen atoms in total. The molecule has 2 rings (SSSR count). The highest BCUT2D eigenvalue weighted by Crippen LogP contribution is 2.23. The molecule has 0 aliphatic rings. The lowest BCUT2D eigenvalue weighted by atomic mass is 10.1. The van der Waals surface area contributed by atoms with Crippen LogP contribution in [0.3, 0.4) is 0 Å². The third kappa shape index (κ3) is 3.43. The Morgan fingerprint density at radius 2 is 2.11 bits per heavy atom. The number of nitrogens with zero attached hydrogens (tertiary/aromatic N) is 1. The van der Waals surface area contributed by atoms with Gasteiger partial charge in [0.05, 0.1) is 11.9 Å². The summed E-state index contributed by atoms with van der Waals surface area (Å²) in [5, 5.41) is 0. The van der Waals surface area contributed by atoms with Crippen LogP contribution < -0.4 is 10.5 Å². The van der Waals surface area contributed by atoms with Crippen molar-refractivity contribution in [2.75, 3.05) is 0 Å². The molecule has 1 aromatic heterocycles. The molecule has 0 aliphatic carbocycles. The standard InChI is InChI=1S/C14H15IN2O/c1-2-13(16)14-7-6-12(9-17-14)18-11-5-3-4-10(15)8-11/h3-9,13H,2,16H2,1H3/t13-/m1/s1. The first-order chi connectivity index (χ1) is 8.69. The third-order valence-corrected chi connectivity index (χ3v) is 3.28. The monoisotopic (exact) mass is 354 g/mol. The molecular formula is C14H15IN2O. The van der Waals surface area contributed by atoms with Crippen LogP contribution in [0.4, 0.5) is 0 Å². The predicted octanol–water partition coefficient (Wildman–Crippen LogP) is 3.89. The van der Waals surface area contributed by atoms with Crippen molar-refractivity contribution >= 4 is 22.6 Å². The van der Waals surface area contributed by atoms with Gasteiger partial charge in [0.2, 0.25) is 0 Å². The summed E-state index contributed by atoms with van der Waals surface area (Å²) in [6, 6.07) is 11.7. The number of ether oxygens (including phenoxy) is 1. The zero-order valence-corrected chi connectivity index (χ0v) is 12.3. The molecule has 2 N–H and O–H groups in total. The second kappa shape index (κ2) is 6.15. The number of benzene rings is 1. The van der Waals surface area contributed by atoms with Crippen LogP contribution in [0.1, 0.15) is 25.1 Å². The minimum absolute atomic E-state index is 0.00303. The minimum Gasteiger partial charge on any atom is -0.456 e. The molecule has 0 radical (unpaired) electrons. The van der Waals surface area contributed by atoms with Crippen LogP contribution in [0.25, 0.3) is 0 Å². The maximum Gasteiger partial charge on any atom is 0.145 e. The third-order valence-electron chi connectivity index (χ3n) is 2.61. The molecule has 0 aliphatic heterocycles. The first-order valence-corrected chi connectivity index (χ1v) is 6.92. The maximum absolute atomic E-state index is 5.91. The van der Waals surface area contributed by atoms with Gasteiger partial charge >= 0.3 is 0 Å². The molecule has 0 unspecified atom stereocenters. The van der Waals surface area contributed by atoms with Gasteiger partial charge in [-0.25, -0.2) is 0 Å². The van der Waals surface area contributed by atoms with Gasteiger partial charge in [-0.15, -0.1) is 0 Å². The molecule has 2 aromatic rings. The molecule has 0 fully saturated rings. The van der Waals surface area contributed by atoms with E-state index in [1.165, 1.54) is 0 Å². The smallest absolute Gasteiger partial charge is 0.145 e. The number of nitrogens with two attached hydrogens (primary N) is 1. The van der Waals surface area contributed by atoms with E-state index in [0.717, 1.165) is 27.2 Å². The zero-order valence-electron chi connectivity index (χ0n) is 10.1. The zero-order chi connectivity index (χ0) is 13.0. The van der Waals surface area contributed by atoms with Gasteiger partial charge in [-0.1, -0.05) is 13.0 Å². The van der Waals surface area contributed by atoms with Crippen molar-refractivity contribution in [1.29, 1.82) is 0 Å². The quantitative estimate of drug-likeness (QED) is 0.848. The molecule has 4 heteroatoms. The van der Waals surface area contributed by atoms with Gasteiger partial charge in [0.1, 0.15) is 11.5 Å². The highest BCUT2D eigenvalue weighted by Gasteiger charge is 2.05. The van der Waals surface area contributed by atoms with E-state index in [-0.39, 0.29) is 6.04 Å². The van der Waals surface area contributed by atoms with Gasteiger partial charge in [-0.05, 0) is 59.3 Å². The number of halogens is 1. The van der Waals surface area contributed by atoms with Gasteiger partial charge in [0, 0.05) is 9.61 Å². The van der Waals surface area contributed by atoms with Crippen LogP contribution in [0.15, 0.2) is 42.6 Å². The molecular weight excluding hydrogens is 339 g/mol. The number of aromatic nitrogens is 1. The van der Waals surface area contributed by atoms with E-state index < -0.39 is 0 Å².